The van der Waals surface area contributed by atoms with Crippen LogP contribution < -0.4 is 16.2 Å². The number of para-hydroxylation sites is 1. The standard InChI is InChI=1S/C24H21N5O4/c30-20(27-28-22(31)19-12-9-14-5-1-4-8-18(14)26-19)13-25-23(32)21-16-6-2-3-7-17(16)24(33)29(21)15-10-11-15/h1-9,12,15,21H,10-11,13H2,(H,25,32)(H,27,30)(H,28,31). The third kappa shape index (κ3) is 4.00. The molecule has 5 rings (SSSR count). The van der Waals surface area contributed by atoms with Crippen LogP contribution in [0.4, 0.5) is 0 Å². The van der Waals surface area contributed by atoms with Gasteiger partial charge in [-0.15, -0.1) is 0 Å². The Morgan fingerprint density at radius 3 is 2.52 bits per heavy atom. The zero-order chi connectivity index (χ0) is 22.9. The predicted octanol–water partition coefficient (Wildman–Crippen LogP) is 1.47. The summed E-state index contributed by atoms with van der Waals surface area (Å²) in [5, 5.41) is 3.47. The van der Waals surface area contributed by atoms with Crippen molar-refractivity contribution in [2.24, 2.45) is 0 Å². The monoisotopic (exact) mass is 443 g/mol. The molecule has 1 aromatic heterocycles. The summed E-state index contributed by atoms with van der Waals surface area (Å²) < 4.78 is 0. The molecule has 2 aliphatic rings. The molecule has 1 unspecified atom stereocenters. The Morgan fingerprint density at radius 1 is 0.939 bits per heavy atom. The summed E-state index contributed by atoms with van der Waals surface area (Å²) in [5.41, 5.74) is 6.55. The highest BCUT2D eigenvalue weighted by Crippen LogP contribution is 2.41. The maximum Gasteiger partial charge on any atom is 0.288 e. The maximum atomic E-state index is 12.9. The van der Waals surface area contributed by atoms with E-state index in [9.17, 15) is 19.2 Å². The summed E-state index contributed by atoms with van der Waals surface area (Å²) in [7, 11) is 0. The number of fused-ring (bicyclic) bond motifs is 2. The van der Waals surface area contributed by atoms with E-state index >= 15 is 0 Å². The van der Waals surface area contributed by atoms with Gasteiger partial charge < -0.3 is 10.2 Å². The molecule has 0 saturated heterocycles. The molecular formula is C24H21N5O4. The van der Waals surface area contributed by atoms with Crippen LogP contribution >= 0.6 is 0 Å². The molecule has 1 aliphatic carbocycles. The molecule has 0 bridgehead atoms. The summed E-state index contributed by atoms with van der Waals surface area (Å²) in [6.45, 7) is -0.352. The van der Waals surface area contributed by atoms with Crippen LogP contribution in [0.25, 0.3) is 10.9 Å². The fraction of sp³-hybridized carbons (Fsp3) is 0.208. The van der Waals surface area contributed by atoms with Gasteiger partial charge in [-0.1, -0.05) is 42.5 Å². The first-order valence-corrected chi connectivity index (χ1v) is 10.7. The van der Waals surface area contributed by atoms with Gasteiger partial charge in [0.1, 0.15) is 11.7 Å². The van der Waals surface area contributed by atoms with E-state index in [1.807, 2.05) is 18.2 Å². The second kappa shape index (κ2) is 8.34. The molecule has 166 valence electrons. The molecule has 1 atom stereocenters. The van der Waals surface area contributed by atoms with Crippen molar-refractivity contribution in [3.05, 3.63) is 77.5 Å². The molecule has 33 heavy (non-hydrogen) atoms. The van der Waals surface area contributed by atoms with Gasteiger partial charge in [0.2, 0.25) is 5.91 Å². The summed E-state index contributed by atoms with van der Waals surface area (Å²) in [4.78, 5) is 56.0. The summed E-state index contributed by atoms with van der Waals surface area (Å²) >= 11 is 0. The van der Waals surface area contributed by atoms with Crippen LogP contribution in [0.2, 0.25) is 0 Å². The Morgan fingerprint density at radius 2 is 1.70 bits per heavy atom. The van der Waals surface area contributed by atoms with Gasteiger partial charge in [-0.25, -0.2) is 4.98 Å². The van der Waals surface area contributed by atoms with Gasteiger partial charge in [0.05, 0.1) is 12.1 Å². The van der Waals surface area contributed by atoms with E-state index < -0.39 is 23.8 Å². The number of rotatable bonds is 5. The highest BCUT2D eigenvalue weighted by atomic mass is 16.2. The second-order valence-electron chi connectivity index (χ2n) is 8.04. The third-order valence-corrected chi connectivity index (χ3v) is 5.76. The van der Waals surface area contributed by atoms with E-state index in [1.165, 1.54) is 0 Å². The van der Waals surface area contributed by atoms with Gasteiger partial charge in [0.15, 0.2) is 0 Å². The van der Waals surface area contributed by atoms with Gasteiger partial charge >= 0.3 is 0 Å². The molecule has 1 saturated carbocycles. The topological polar surface area (TPSA) is 121 Å². The molecule has 2 aromatic carbocycles. The molecule has 9 nitrogen and oxygen atoms in total. The lowest BCUT2D eigenvalue weighted by atomic mass is 10.0. The number of pyridine rings is 1. The van der Waals surface area contributed by atoms with Crippen LogP contribution in [0, 0.1) is 0 Å². The minimum absolute atomic E-state index is 0.0446. The zero-order valence-corrected chi connectivity index (χ0v) is 17.6. The lowest BCUT2D eigenvalue weighted by molar-refractivity contribution is -0.129. The first-order chi connectivity index (χ1) is 16.0. The number of nitrogens with one attached hydrogen (secondary N) is 3. The van der Waals surface area contributed by atoms with Crippen LogP contribution in [0.15, 0.2) is 60.7 Å². The van der Waals surface area contributed by atoms with E-state index in [2.05, 4.69) is 21.2 Å². The number of benzene rings is 2. The molecule has 2 heterocycles. The number of aromatic nitrogens is 1. The highest BCUT2D eigenvalue weighted by Gasteiger charge is 2.47. The molecule has 0 spiro atoms. The zero-order valence-electron chi connectivity index (χ0n) is 17.6. The van der Waals surface area contributed by atoms with E-state index in [-0.39, 0.29) is 24.2 Å². The normalized spacial score (nSPS) is 16.9. The molecule has 4 amide bonds. The molecule has 3 aromatic rings. The smallest absolute Gasteiger partial charge is 0.288 e. The van der Waals surface area contributed by atoms with Crippen molar-refractivity contribution in [3.63, 3.8) is 0 Å². The van der Waals surface area contributed by atoms with E-state index in [1.54, 1.807) is 47.4 Å². The Hall–Kier alpha value is -4.27. The molecule has 3 N–H and O–H groups in total. The third-order valence-electron chi connectivity index (χ3n) is 5.76. The number of carbonyl (C=O) groups is 4. The van der Waals surface area contributed by atoms with Crippen LogP contribution in [0.5, 0.6) is 0 Å². The van der Waals surface area contributed by atoms with E-state index in [0.717, 1.165) is 18.2 Å². The number of hydrogen-bond donors (Lipinski definition) is 3. The SMILES string of the molecule is O=C(CNC(=O)C1c2ccccc2C(=O)N1C1CC1)NNC(=O)c1ccc2ccccc2n1. The minimum Gasteiger partial charge on any atom is -0.345 e. The van der Waals surface area contributed by atoms with Crippen molar-refractivity contribution in [3.8, 4) is 0 Å². The molecule has 9 heteroatoms. The van der Waals surface area contributed by atoms with Crippen LogP contribution in [-0.2, 0) is 9.59 Å². The highest BCUT2D eigenvalue weighted by molar-refractivity contribution is 6.05. The first-order valence-electron chi connectivity index (χ1n) is 10.7. The van der Waals surface area contributed by atoms with Gasteiger partial charge in [0, 0.05) is 17.0 Å². The van der Waals surface area contributed by atoms with Gasteiger partial charge in [-0.05, 0) is 36.6 Å². The van der Waals surface area contributed by atoms with Gasteiger partial charge in [0.25, 0.3) is 17.7 Å². The van der Waals surface area contributed by atoms with Gasteiger partial charge in [-0.2, -0.15) is 0 Å². The Kier molecular flexibility index (Phi) is 5.21. The Balaban J connectivity index is 1.18. The van der Waals surface area contributed by atoms with Crippen molar-refractivity contribution in [1.29, 1.82) is 0 Å². The first kappa shape index (κ1) is 20.6. The lowest BCUT2D eigenvalue weighted by Crippen LogP contribution is -2.48. The van der Waals surface area contributed by atoms with Crippen molar-refractivity contribution >= 4 is 34.5 Å². The van der Waals surface area contributed by atoms with E-state index in [4.69, 9.17) is 0 Å². The number of hydrazine groups is 1. The van der Waals surface area contributed by atoms with Gasteiger partial charge in [-0.3, -0.25) is 30.0 Å². The second-order valence-corrected chi connectivity index (χ2v) is 8.04. The number of nitrogens with zero attached hydrogens (tertiary/aromatic N) is 2. The van der Waals surface area contributed by atoms with Crippen LogP contribution in [0.1, 0.15) is 45.3 Å². The lowest BCUT2D eigenvalue weighted by Gasteiger charge is -2.24. The Labute approximate surface area is 189 Å². The average molecular weight is 443 g/mol. The van der Waals surface area contributed by atoms with Crippen molar-refractivity contribution in [1.82, 2.24) is 26.1 Å². The summed E-state index contributed by atoms with van der Waals surface area (Å²) in [5.74, 6) is -1.77. The van der Waals surface area contributed by atoms with Crippen LogP contribution in [-0.4, -0.2) is 46.1 Å². The Bertz CT molecular complexity index is 1290. The number of hydrogen-bond acceptors (Lipinski definition) is 5. The summed E-state index contributed by atoms with van der Waals surface area (Å²) in [6.07, 6.45) is 1.72. The molecule has 0 radical (unpaired) electrons. The van der Waals surface area contributed by atoms with Crippen molar-refractivity contribution < 1.29 is 19.2 Å². The number of amides is 4. The molecule has 1 fully saturated rings. The van der Waals surface area contributed by atoms with Crippen molar-refractivity contribution in [2.45, 2.75) is 24.9 Å². The maximum absolute atomic E-state index is 12.9. The van der Waals surface area contributed by atoms with Crippen LogP contribution in [0.3, 0.4) is 0 Å². The largest absolute Gasteiger partial charge is 0.345 e. The predicted molar refractivity (Wildman–Crippen MR) is 119 cm³/mol. The quantitative estimate of drug-likeness (QED) is 0.516. The number of carbonyl (C=O) groups excluding carboxylic acids is 4. The summed E-state index contributed by atoms with van der Waals surface area (Å²) in [6, 6.07) is 17.0. The average Bonchev–Trinajstić information content (AvgIpc) is 3.64. The minimum atomic E-state index is -0.759. The fourth-order valence-corrected chi connectivity index (χ4v) is 4.02. The molecular weight excluding hydrogens is 422 g/mol. The fourth-order valence-electron chi connectivity index (χ4n) is 4.02. The van der Waals surface area contributed by atoms with Crippen molar-refractivity contribution in [2.75, 3.05) is 6.54 Å². The van der Waals surface area contributed by atoms with E-state index in [0.29, 0.717) is 16.6 Å². The molecule has 1 aliphatic heterocycles.